The fourth-order valence-corrected chi connectivity index (χ4v) is 1.68. The Morgan fingerprint density at radius 3 is 2.36 bits per heavy atom. The van der Waals surface area contributed by atoms with Crippen molar-refractivity contribution in [3.8, 4) is 0 Å². The normalized spacial score (nSPS) is 19.2. The molecule has 0 saturated carbocycles. The number of allylic oxidation sites excluding steroid dienone is 4. The maximum Gasteiger partial charge on any atom is -0.0106 e. The largest absolute Gasteiger partial charge is 0.0812 e. The van der Waals surface area contributed by atoms with E-state index in [1.807, 2.05) is 0 Å². The Morgan fingerprint density at radius 1 is 1.27 bits per heavy atom. The second kappa shape index (κ2) is 3.25. The first-order chi connectivity index (χ1) is 5.11. The Morgan fingerprint density at radius 2 is 1.91 bits per heavy atom. The fraction of sp³-hybridized carbons (Fsp3) is 0.636. The Balaban J connectivity index is 2.76. The van der Waals surface area contributed by atoms with Crippen LogP contribution in [0.3, 0.4) is 0 Å². The van der Waals surface area contributed by atoms with Crippen LogP contribution >= 0.6 is 0 Å². The molecule has 0 aromatic carbocycles. The lowest BCUT2D eigenvalue weighted by Gasteiger charge is -2.19. The molecule has 0 saturated heterocycles. The molecule has 0 aromatic heterocycles. The minimum absolute atomic E-state index is 0.735. The molecule has 0 N–H and O–H groups in total. The highest BCUT2D eigenvalue weighted by Gasteiger charge is 2.11. The van der Waals surface area contributed by atoms with Gasteiger partial charge in [0.15, 0.2) is 0 Å². The van der Waals surface area contributed by atoms with Gasteiger partial charge in [-0.05, 0) is 32.6 Å². The van der Waals surface area contributed by atoms with Crippen molar-refractivity contribution in [2.45, 2.75) is 40.5 Å². The summed E-state index contributed by atoms with van der Waals surface area (Å²) in [5, 5.41) is 0. The highest BCUT2D eigenvalue weighted by atomic mass is 14.2. The molecule has 0 heterocycles. The van der Waals surface area contributed by atoms with Crippen molar-refractivity contribution < 1.29 is 0 Å². The monoisotopic (exact) mass is 150 g/mol. The van der Waals surface area contributed by atoms with Crippen molar-refractivity contribution >= 4 is 0 Å². The van der Waals surface area contributed by atoms with E-state index in [1.165, 1.54) is 12.8 Å². The van der Waals surface area contributed by atoms with E-state index in [0.29, 0.717) is 0 Å². The smallest absolute Gasteiger partial charge is 0.0106 e. The molecular weight excluding hydrogens is 132 g/mol. The zero-order chi connectivity index (χ0) is 8.43. The summed E-state index contributed by atoms with van der Waals surface area (Å²) in [6.07, 6.45) is 4.74. The van der Waals surface area contributed by atoms with E-state index in [2.05, 4.69) is 33.8 Å². The summed E-state index contributed by atoms with van der Waals surface area (Å²) in [5.41, 5.74) is 4.79. The van der Waals surface area contributed by atoms with Gasteiger partial charge in [-0.25, -0.2) is 0 Å². The van der Waals surface area contributed by atoms with Crippen molar-refractivity contribution in [1.29, 1.82) is 0 Å². The molecule has 0 amide bonds. The lowest BCUT2D eigenvalue weighted by Crippen LogP contribution is -2.02. The van der Waals surface area contributed by atoms with Gasteiger partial charge in [-0.3, -0.25) is 0 Å². The molecule has 0 heteroatoms. The molecule has 0 bridgehead atoms. The summed E-state index contributed by atoms with van der Waals surface area (Å²) in [7, 11) is 0. The molecular formula is C11H18. The third-order valence-electron chi connectivity index (χ3n) is 2.47. The molecule has 0 atom stereocenters. The highest BCUT2D eigenvalue weighted by molar-refractivity contribution is 5.28. The van der Waals surface area contributed by atoms with E-state index < -0.39 is 0 Å². The van der Waals surface area contributed by atoms with Gasteiger partial charge in [0.2, 0.25) is 0 Å². The van der Waals surface area contributed by atoms with Crippen LogP contribution in [0.2, 0.25) is 0 Å². The molecule has 11 heavy (non-hydrogen) atoms. The minimum Gasteiger partial charge on any atom is -0.0812 e. The van der Waals surface area contributed by atoms with E-state index in [-0.39, 0.29) is 0 Å². The summed E-state index contributed by atoms with van der Waals surface area (Å²) < 4.78 is 0. The molecule has 1 aliphatic rings. The average Bonchev–Trinajstić information content (AvgIpc) is 1.94. The van der Waals surface area contributed by atoms with Gasteiger partial charge in [0.25, 0.3) is 0 Å². The zero-order valence-corrected chi connectivity index (χ0v) is 8.07. The van der Waals surface area contributed by atoms with Crippen LogP contribution in [0.4, 0.5) is 0 Å². The van der Waals surface area contributed by atoms with Crippen LogP contribution in [-0.2, 0) is 0 Å². The van der Waals surface area contributed by atoms with Crippen LogP contribution in [0, 0.1) is 5.92 Å². The third kappa shape index (κ3) is 1.95. The molecule has 0 unspecified atom stereocenters. The van der Waals surface area contributed by atoms with Gasteiger partial charge in [-0.15, -0.1) is 0 Å². The molecule has 0 spiro atoms. The molecule has 1 rings (SSSR count). The Labute approximate surface area is 70.0 Å². The summed E-state index contributed by atoms with van der Waals surface area (Å²) >= 11 is 0. The fourth-order valence-electron chi connectivity index (χ4n) is 1.68. The Kier molecular flexibility index (Phi) is 2.53. The molecule has 1 aliphatic carbocycles. The van der Waals surface area contributed by atoms with E-state index >= 15 is 0 Å². The van der Waals surface area contributed by atoms with Crippen molar-refractivity contribution in [2.75, 3.05) is 0 Å². The van der Waals surface area contributed by atoms with Crippen molar-refractivity contribution in [3.05, 3.63) is 22.8 Å². The van der Waals surface area contributed by atoms with Gasteiger partial charge in [0.05, 0.1) is 0 Å². The summed E-state index contributed by atoms with van der Waals surface area (Å²) in [5.74, 6) is 0.735. The molecule has 0 fully saturated rings. The molecule has 0 aromatic rings. The van der Waals surface area contributed by atoms with E-state index in [9.17, 15) is 0 Å². The van der Waals surface area contributed by atoms with Gasteiger partial charge >= 0.3 is 0 Å². The zero-order valence-electron chi connectivity index (χ0n) is 8.07. The first-order valence-corrected chi connectivity index (χ1v) is 4.45. The first-order valence-electron chi connectivity index (χ1n) is 4.45. The lowest BCUT2D eigenvalue weighted by molar-refractivity contribution is 0.710. The predicted molar refractivity (Wildman–Crippen MR) is 50.5 cm³/mol. The molecule has 0 aliphatic heterocycles. The lowest BCUT2D eigenvalue weighted by atomic mass is 9.87. The number of hydrogen-bond donors (Lipinski definition) is 0. The maximum absolute atomic E-state index is 2.35. The summed E-state index contributed by atoms with van der Waals surface area (Å²) in [6, 6.07) is 0. The maximum atomic E-state index is 2.35. The van der Waals surface area contributed by atoms with Crippen LogP contribution in [-0.4, -0.2) is 0 Å². The van der Waals surface area contributed by atoms with Gasteiger partial charge in [-0.1, -0.05) is 36.6 Å². The third-order valence-corrected chi connectivity index (χ3v) is 2.47. The Hall–Kier alpha value is -0.520. The van der Waals surface area contributed by atoms with Crippen LogP contribution in [0.1, 0.15) is 40.5 Å². The van der Waals surface area contributed by atoms with E-state index in [1.54, 1.807) is 16.7 Å². The van der Waals surface area contributed by atoms with Crippen LogP contribution in [0.5, 0.6) is 0 Å². The van der Waals surface area contributed by atoms with Crippen molar-refractivity contribution in [2.24, 2.45) is 5.92 Å². The summed E-state index contributed by atoms with van der Waals surface area (Å²) in [4.78, 5) is 0. The van der Waals surface area contributed by atoms with Crippen LogP contribution in [0.15, 0.2) is 22.8 Å². The van der Waals surface area contributed by atoms with E-state index in [0.717, 1.165) is 5.92 Å². The number of hydrogen-bond acceptors (Lipinski definition) is 0. The minimum atomic E-state index is 0.735. The van der Waals surface area contributed by atoms with Crippen LogP contribution < -0.4 is 0 Å². The van der Waals surface area contributed by atoms with Crippen molar-refractivity contribution in [1.82, 2.24) is 0 Å². The number of rotatable bonds is 1. The van der Waals surface area contributed by atoms with E-state index in [4.69, 9.17) is 0 Å². The topological polar surface area (TPSA) is 0 Å². The van der Waals surface area contributed by atoms with Gasteiger partial charge in [-0.2, -0.15) is 0 Å². The summed E-state index contributed by atoms with van der Waals surface area (Å²) in [6.45, 7) is 9.07. The van der Waals surface area contributed by atoms with Gasteiger partial charge < -0.3 is 0 Å². The molecule has 62 valence electrons. The second-order valence-corrected chi connectivity index (χ2v) is 3.89. The molecule has 0 nitrogen and oxygen atoms in total. The standard InChI is InChI=1S/C11H18/c1-8(2)11-7-9(3)5-6-10(11)4/h5,8H,6-7H2,1-4H3. The first kappa shape index (κ1) is 8.58. The quantitative estimate of drug-likeness (QED) is 0.500. The SMILES string of the molecule is CC1=CCC(C)=C(C(C)C)C1. The molecule has 0 radical (unpaired) electrons. The highest BCUT2D eigenvalue weighted by Crippen LogP contribution is 2.28. The predicted octanol–water partition coefficient (Wildman–Crippen LogP) is 3.70. The van der Waals surface area contributed by atoms with Crippen LogP contribution in [0.25, 0.3) is 0 Å². The Bertz CT molecular complexity index is 204. The van der Waals surface area contributed by atoms with Gasteiger partial charge in [0.1, 0.15) is 0 Å². The average molecular weight is 150 g/mol. The van der Waals surface area contributed by atoms with Gasteiger partial charge in [0, 0.05) is 0 Å². The second-order valence-electron chi connectivity index (χ2n) is 3.89. The van der Waals surface area contributed by atoms with Crippen molar-refractivity contribution in [3.63, 3.8) is 0 Å².